The van der Waals surface area contributed by atoms with Crippen LogP contribution in [0.5, 0.6) is 0 Å². The molecule has 2 aromatic rings. The summed E-state index contributed by atoms with van der Waals surface area (Å²) in [6.07, 6.45) is 0. The van der Waals surface area contributed by atoms with Crippen molar-refractivity contribution in [3.8, 4) is 0 Å². The van der Waals surface area contributed by atoms with Gasteiger partial charge in [0, 0.05) is 17.3 Å². The van der Waals surface area contributed by atoms with Crippen LogP contribution in [0.2, 0.25) is 5.02 Å². The van der Waals surface area contributed by atoms with Crippen LogP contribution in [0.1, 0.15) is 5.69 Å². The van der Waals surface area contributed by atoms with E-state index in [9.17, 15) is 14.9 Å². The van der Waals surface area contributed by atoms with Crippen molar-refractivity contribution in [2.75, 3.05) is 11.9 Å². The van der Waals surface area contributed by atoms with E-state index in [1.165, 1.54) is 10.7 Å². The molecule has 0 saturated heterocycles. The lowest BCUT2D eigenvalue weighted by atomic mass is 10.3. The molecule has 0 bridgehead atoms. The molecule has 0 aliphatic rings. The van der Waals surface area contributed by atoms with E-state index in [1.807, 2.05) is 0 Å². The molecule has 0 spiro atoms. The number of aromatic nitrogens is 2. The number of hydrogen-bond acceptors (Lipinski definition) is 4. The molecule has 1 aromatic heterocycles. The van der Waals surface area contributed by atoms with Crippen LogP contribution in [-0.2, 0) is 6.54 Å². The van der Waals surface area contributed by atoms with E-state index in [-0.39, 0.29) is 11.8 Å². The Morgan fingerprint density at radius 2 is 2.09 bits per heavy atom. The predicted molar refractivity (Wildman–Crippen MR) is 82.1 cm³/mol. The molecule has 9 heteroatoms. The van der Waals surface area contributed by atoms with Crippen molar-refractivity contribution in [3.05, 3.63) is 51.2 Å². The Morgan fingerprint density at radius 1 is 1.41 bits per heavy atom. The first-order chi connectivity index (χ1) is 10.5. The molecule has 1 heterocycles. The minimum absolute atomic E-state index is 0.205. The zero-order valence-corrected chi connectivity index (χ0v) is 12.5. The van der Waals surface area contributed by atoms with Crippen molar-refractivity contribution >= 4 is 29.1 Å². The molecule has 0 aliphatic heterocycles. The van der Waals surface area contributed by atoms with Gasteiger partial charge in [-0.05, 0) is 36.1 Å². The van der Waals surface area contributed by atoms with Gasteiger partial charge in [0.05, 0.1) is 23.4 Å². The number of rotatable bonds is 5. The van der Waals surface area contributed by atoms with Crippen molar-refractivity contribution < 1.29 is 9.72 Å². The highest BCUT2D eigenvalue weighted by Crippen LogP contribution is 2.13. The standard InChI is InChI=1S/C13H14ClN5O3/c1-9-8-12(19(21)22)17-18(9)7-6-15-13(20)16-11-4-2-10(14)3-5-11/h2-5,8H,6-7H2,1H3,(H2,15,16,20). The summed E-state index contributed by atoms with van der Waals surface area (Å²) in [5.41, 5.74) is 1.28. The fraction of sp³-hybridized carbons (Fsp3) is 0.231. The van der Waals surface area contributed by atoms with Gasteiger partial charge < -0.3 is 20.7 Å². The van der Waals surface area contributed by atoms with E-state index in [4.69, 9.17) is 11.6 Å². The Labute approximate surface area is 131 Å². The van der Waals surface area contributed by atoms with Gasteiger partial charge in [-0.25, -0.2) is 4.79 Å². The molecule has 1 aromatic carbocycles. The fourth-order valence-electron chi connectivity index (χ4n) is 1.79. The summed E-state index contributed by atoms with van der Waals surface area (Å²) < 4.78 is 1.47. The quantitative estimate of drug-likeness (QED) is 0.652. The summed E-state index contributed by atoms with van der Waals surface area (Å²) in [6.45, 7) is 2.35. The molecule has 0 atom stereocenters. The molecule has 8 nitrogen and oxygen atoms in total. The number of carbonyl (C=O) groups excluding carboxylic acids is 1. The van der Waals surface area contributed by atoms with Crippen molar-refractivity contribution in [1.82, 2.24) is 15.1 Å². The predicted octanol–water partition coefficient (Wildman–Crippen LogP) is 2.57. The first kappa shape index (κ1) is 15.8. The van der Waals surface area contributed by atoms with Gasteiger partial charge in [0.2, 0.25) is 0 Å². The molecular formula is C13H14ClN5O3. The Hall–Kier alpha value is -2.61. The van der Waals surface area contributed by atoms with E-state index >= 15 is 0 Å². The van der Waals surface area contributed by atoms with Crippen LogP contribution >= 0.6 is 11.6 Å². The van der Waals surface area contributed by atoms with E-state index in [2.05, 4.69) is 15.7 Å². The highest BCUT2D eigenvalue weighted by Gasteiger charge is 2.14. The van der Waals surface area contributed by atoms with Crippen LogP contribution in [0.3, 0.4) is 0 Å². The molecule has 0 fully saturated rings. The normalized spacial score (nSPS) is 10.3. The van der Waals surface area contributed by atoms with Crippen molar-refractivity contribution in [1.29, 1.82) is 0 Å². The summed E-state index contributed by atoms with van der Waals surface area (Å²) in [5.74, 6) is -0.205. The molecular weight excluding hydrogens is 310 g/mol. The Kier molecular flexibility index (Phi) is 4.95. The molecule has 2 rings (SSSR count). The van der Waals surface area contributed by atoms with Crippen LogP contribution in [-0.4, -0.2) is 27.3 Å². The molecule has 2 N–H and O–H groups in total. The summed E-state index contributed by atoms with van der Waals surface area (Å²) in [4.78, 5) is 21.8. The number of anilines is 1. The average molecular weight is 324 g/mol. The van der Waals surface area contributed by atoms with Crippen LogP contribution in [0.4, 0.5) is 16.3 Å². The third kappa shape index (κ3) is 4.19. The van der Waals surface area contributed by atoms with E-state index in [1.54, 1.807) is 31.2 Å². The third-order valence-corrected chi connectivity index (χ3v) is 3.12. The number of urea groups is 1. The van der Waals surface area contributed by atoms with Gasteiger partial charge in [-0.1, -0.05) is 11.6 Å². The second-order valence-corrected chi connectivity index (χ2v) is 4.95. The Bertz CT molecular complexity index is 683. The Balaban J connectivity index is 1.82. The topological polar surface area (TPSA) is 102 Å². The highest BCUT2D eigenvalue weighted by molar-refractivity contribution is 6.30. The monoisotopic (exact) mass is 323 g/mol. The number of nitro groups is 1. The maximum atomic E-state index is 11.7. The molecule has 0 radical (unpaired) electrons. The molecule has 116 valence electrons. The maximum absolute atomic E-state index is 11.7. The van der Waals surface area contributed by atoms with Gasteiger partial charge >= 0.3 is 11.8 Å². The minimum atomic E-state index is -0.551. The van der Waals surface area contributed by atoms with Crippen molar-refractivity contribution in [3.63, 3.8) is 0 Å². The number of nitrogens with one attached hydrogen (secondary N) is 2. The number of hydrogen-bond donors (Lipinski definition) is 2. The van der Waals surface area contributed by atoms with Gasteiger partial charge in [0.1, 0.15) is 0 Å². The zero-order chi connectivity index (χ0) is 16.1. The van der Waals surface area contributed by atoms with E-state index < -0.39 is 4.92 Å². The summed E-state index contributed by atoms with van der Waals surface area (Å²) in [7, 11) is 0. The first-order valence-corrected chi connectivity index (χ1v) is 6.83. The van der Waals surface area contributed by atoms with E-state index in [0.717, 1.165) is 0 Å². The number of halogens is 1. The number of aryl methyl sites for hydroxylation is 1. The highest BCUT2D eigenvalue weighted by atomic mass is 35.5. The molecule has 22 heavy (non-hydrogen) atoms. The van der Waals surface area contributed by atoms with Gasteiger partial charge in [0.25, 0.3) is 0 Å². The smallest absolute Gasteiger partial charge is 0.358 e. The van der Waals surface area contributed by atoms with Crippen LogP contribution in [0, 0.1) is 17.0 Å². The fourth-order valence-corrected chi connectivity index (χ4v) is 1.92. The summed E-state index contributed by atoms with van der Waals surface area (Å²) >= 11 is 5.75. The molecule has 0 unspecified atom stereocenters. The molecule has 2 amide bonds. The zero-order valence-electron chi connectivity index (χ0n) is 11.7. The lowest BCUT2D eigenvalue weighted by Crippen LogP contribution is -2.31. The van der Waals surface area contributed by atoms with Crippen LogP contribution in [0.15, 0.2) is 30.3 Å². The lowest BCUT2D eigenvalue weighted by Gasteiger charge is -2.07. The third-order valence-electron chi connectivity index (χ3n) is 2.87. The maximum Gasteiger partial charge on any atom is 0.390 e. The average Bonchev–Trinajstić information content (AvgIpc) is 2.83. The van der Waals surface area contributed by atoms with E-state index in [0.29, 0.717) is 29.5 Å². The molecule has 0 saturated carbocycles. The van der Waals surface area contributed by atoms with Gasteiger partial charge in [-0.3, -0.25) is 0 Å². The van der Waals surface area contributed by atoms with Crippen LogP contribution < -0.4 is 10.6 Å². The number of amides is 2. The molecule has 0 aliphatic carbocycles. The largest absolute Gasteiger partial charge is 0.390 e. The summed E-state index contributed by atoms with van der Waals surface area (Å²) in [6, 6.07) is 7.72. The number of carbonyl (C=O) groups is 1. The lowest BCUT2D eigenvalue weighted by molar-refractivity contribution is -0.389. The van der Waals surface area contributed by atoms with Gasteiger partial charge in [-0.2, -0.15) is 4.68 Å². The number of nitrogens with zero attached hydrogens (tertiary/aromatic N) is 3. The minimum Gasteiger partial charge on any atom is -0.358 e. The van der Waals surface area contributed by atoms with Crippen LogP contribution in [0.25, 0.3) is 0 Å². The second-order valence-electron chi connectivity index (χ2n) is 4.51. The second kappa shape index (κ2) is 6.90. The summed E-state index contributed by atoms with van der Waals surface area (Å²) in [5, 5.41) is 20.3. The van der Waals surface area contributed by atoms with Gasteiger partial charge in [0.15, 0.2) is 0 Å². The first-order valence-electron chi connectivity index (χ1n) is 6.45. The van der Waals surface area contributed by atoms with Gasteiger partial charge in [-0.15, -0.1) is 0 Å². The van der Waals surface area contributed by atoms with Crippen molar-refractivity contribution in [2.45, 2.75) is 13.5 Å². The van der Waals surface area contributed by atoms with Crippen molar-refractivity contribution in [2.24, 2.45) is 0 Å². The Morgan fingerprint density at radius 3 is 2.68 bits per heavy atom. The SMILES string of the molecule is Cc1cc([N+](=O)[O-])nn1CCNC(=O)Nc1ccc(Cl)cc1. The number of benzene rings is 1.